The average molecular weight is 432 g/mol. The number of aromatic nitrogens is 2. The Balaban J connectivity index is 1.74. The van der Waals surface area contributed by atoms with E-state index in [0.717, 1.165) is 11.1 Å². The molecule has 29 heavy (non-hydrogen) atoms. The van der Waals surface area contributed by atoms with Crippen molar-refractivity contribution in [2.75, 3.05) is 26.3 Å². The van der Waals surface area contributed by atoms with E-state index in [-0.39, 0.29) is 11.7 Å². The predicted octanol–water partition coefficient (Wildman–Crippen LogP) is 4.16. The molecule has 0 radical (unpaired) electrons. The highest BCUT2D eigenvalue weighted by Crippen LogP contribution is 2.33. The van der Waals surface area contributed by atoms with Crippen molar-refractivity contribution in [3.8, 4) is 16.8 Å². The molecule has 1 saturated heterocycles. The molecular formula is C21H19ClFN3O2S. The summed E-state index contributed by atoms with van der Waals surface area (Å²) in [6.07, 6.45) is 1.82. The van der Waals surface area contributed by atoms with Gasteiger partial charge in [-0.15, -0.1) is 0 Å². The lowest BCUT2D eigenvalue weighted by molar-refractivity contribution is -0.134. The van der Waals surface area contributed by atoms with Crippen LogP contribution < -0.4 is 0 Å². The fraction of sp³-hybridized carbons (Fsp3) is 0.238. The fourth-order valence-electron chi connectivity index (χ4n) is 3.24. The Morgan fingerprint density at radius 3 is 2.41 bits per heavy atom. The second-order valence-corrected chi connectivity index (χ2v) is 7.65. The lowest BCUT2D eigenvalue weighted by atomic mass is 10.0. The number of amides is 1. The lowest BCUT2D eigenvalue weighted by Crippen LogP contribution is -2.42. The molecule has 1 aromatic heterocycles. The number of hydrogen-bond donors (Lipinski definition) is 1. The van der Waals surface area contributed by atoms with Gasteiger partial charge in [0.1, 0.15) is 11.1 Å². The van der Waals surface area contributed by atoms with E-state index >= 15 is 0 Å². The summed E-state index contributed by atoms with van der Waals surface area (Å²) in [5.74, 6) is -0.440. The zero-order valence-corrected chi connectivity index (χ0v) is 17.1. The van der Waals surface area contributed by atoms with Gasteiger partial charge >= 0.3 is 0 Å². The number of halogens is 2. The molecule has 0 aliphatic carbocycles. The molecule has 1 fully saturated rings. The van der Waals surface area contributed by atoms with E-state index in [2.05, 4.69) is 17.7 Å². The normalized spacial score (nSPS) is 15.3. The Labute approximate surface area is 178 Å². The molecule has 3 aromatic rings. The van der Waals surface area contributed by atoms with Crippen LogP contribution in [0.5, 0.6) is 0 Å². The molecule has 8 heteroatoms. The number of thiol groups is 1. The molecule has 1 atom stereocenters. The number of benzene rings is 2. The van der Waals surface area contributed by atoms with Crippen LogP contribution in [0.15, 0.2) is 54.7 Å². The van der Waals surface area contributed by atoms with E-state index in [0.29, 0.717) is 42.7 Å². The van der Waals surface area contributed by atoms with Crippen LogP contribution in [-0.4, -0.2) is 46.9 Å². The maximum atomic E-state index is 13.3. The summed E-state index contributed by atoms with van der Waals surface area (Å²) in [4.78, 5) is 14.7. The van der Waals surface area contributed by atoms with Gasteiger partial charge in [0.05, 0.1) is 24.6 Å². The van der Waals surface area contributed by atoms with Crippen LogP contribution in [-0.2, 0) is 9.53 Å². The topological polar surface area (TPSA) is 47.4 Å². The standard InChI is InChI=1S/C21H19ClFN3O2S/c22-15-3-1-14(2-4-15)18-13-26(17-7-5-16(23)6-8-17)24-19(18)20(29)21(27)25-9-11-28-12-10-25/h1-8,13,20,29H,9-12H2. The van der Waals surface area contributed by atoms with E-state index in [4.69, 9.17) is 16.3 Å². The van der Waals surface area contributed by atoms with Crippen molar-refractivity contribution < 1.29 is 13.9 Å². The molecule has 0 bridgehead atoms. The van der Waals surface area contributed by atoms with Crippen molar-refractivity contribution >= 4 is 30.1 Å². The predicted molar refractivity (Wildman–Crippen MR) is 113 cm³/mol. The van der Waals surface area contributed by atoms with Crippen molar-refractivity contribution in [3.63, 3.8) is 0 Å². The molecule has 150 valence electrons. The molecule has 1 amide bonds. The highest BCUT2D eigenvalue weighted by atomic mass is 35.5. The first-order valence-corrected chi connectivity index (χ1v) is 10.1. The minimum atomic E-state index is -0.736. The number of nitrogens with zero attached hydrogens (tertiary/aromatic N) is 3. The second kappa shape index (κ2) is 8.57. The van der Waals surface area contributed by atoms with E-state index in [1.807, 2.05) is 18.3 Å². The summed E-state index contributed by atoms with van der Waals surface area (Å²) in [6.45, 7) is 2.09. The van der Waals surface area contributed by atoms with Crippen molar-refractivity contribution in [1.29, 1.82) is 0 Å². The van der Waals surface area contributed by atoms with Gasteiger partial charge in [0.15, 0.2) is 0 Å². The van der Waals surface area contributed by atoms with Gasteiger partial charge in [-0.1, -0.05) is 23.7 Å². The summed E-state index contributed by atoms with van der Waals surface area (Å²) in [6, 6.07) is 13.3. The molecule has 2 heterocycles. The first-order chi connectivity index (χ1) is 14.0. The zero-order valence-electron chi connectivity index (χ0n) is 15.5. The van der Waals surface area contributed by atoms with Crippen LogP contribution in [0.2, 0.25) is 5.02 Å². The third kappa shape index (κ3) is 4.32. The van der Waals surface area contributed by atoms with Crippen molar-refractivity contribution in [2.45, 2.75) is 5.25 Å². The number of rotatable bonds is 4. The third-order valence-corrected chi connectivity index (χ3v) is 5.52. The van der Waals surface area contributed by atoms with Crippen LogP contribution >= 0.6 is 24.2 Å². The van der Waals surface area contributed by atoms with Crippen LogP contribution in [0.1, 0.15) is 10.9 Å². The van der Waals surface area contributed by atoms with E-state index in [1.54, 1.807) is 33.8 Å². The van der Waals surface area contributed by atoms with Crippen molar-refractivity contribution in [3.05, 3.63) is 71.3 Å². The van der Waals surface area contributed by atoms with Crippen molar-refractivity contribution in [2.24, 2.45) is 0 Å². The largest absolute Gasteiger partial charge is 0.378 e. The van der Waals surface area contributed by atoms with Crippen molar-refractivity contribution in [1.82, 2.24) is 14.7 Å². The highest BCUT2D eigenvalue weighted by molar-refractivity contribution is 7.81. The number of morpholine rings is 1. The number of carbonyl (C=O) groups excluding carboxylic acids is 1. The molecule has 1 unspecified atom stereocenters. The molecule has 1 aliphatic heterocycles. The Morgan fingerprint density at radius 2 is 1.76 bits per heavy atom. The Kier molecular flexibility index (Phi) is 5.89. The van der Waals surface area contributed by atoms with Gasteiger partial charge < -0.3 is 9.64 Å². The maximum Gasteiger partial charge on any atom is 0.241 e. The van der Waals surface area contributed by atoms with Gasteiger partial charge in [0.2, 0.25) is 5.91 Å². The van der Waals surface area contributed by atoms with Gasteiger partial charge in [-0.3, -0.25) is 4.79 Å². The Morgan fingerprint density at radius 1 is 1.10 bits per heavy atom. The van der Waals surface area contributed by atoms with Gasteiger partial charge in [-0.2, -0.15) is 17.7 Å². The number of carbonyl (C=O) groups is 1. The minimum absolute atomic E-state index is 0.115. The van der Waals surface area contributed by atoms with Crippen LogP contribution in [0.3, 0.4) is 0 Å². The highest BCUT2D eigenvalue weighted by Gasteiger charge is 2.29. The fourth-order valence-corrected chi connectivity index (χ4v) is 3.72. The number of hydrogen-bond acceptors (Lipinski definition) is 4. The SMILES string of the molecule is O=C(C(S)c1nn(-c2ccc(F)cc2)cc1-c1ccc(Cl)cc1)N1CCOCC1. The molecule has 4 rings (SSSR count). The zero-order chi connectivity index (χ0) is 20.4. The quantitative estimate of drug-likeness (QED) is 0.631. The van der Waals surface area contributed by atoms with Gasteiger partial charge in [0, 0.05) is 29.9 Å². The smallest absolute Gasteiger partial charge is 0.241 e. The van der Waals surface area contributed by atoms with Gasteiger partial charge in [0.25, 0.3) is 0 Å². The molecule has 0 N–H and O–H groups in total. The molecular weight excluding hydrogens is 413 g/mol. The summed E-state index contributed by atoms with van der Waals surface area (Å²) in [7, 11) is 0. The maximum absolute atomic E-state index is 13.3. The summed E-state index contributed by atoms with van der Waals surface area (Å²) < 4.78 is 20.3. The monoisotopic (exact) mass is 431 g/mol. The Hall–Kier alpha value is -2.35. The van der Waals surface area contributed by atoms with Crippen LogP contribution in [0.25, 0.3) is 16.8 Å². The minimum Gasteiger partial charge on any atom is -0.378 e. The summed E-state index contributed by atoms with van der Waals surface area (Å²) in [5, 5.41) is 4.51. The van der Waals surface area contributed by atoms with E-state index < -0.39 is 5.25 Å². The second-order valence-electron chi connectivity index (χ2n) is 6.70. The first kappa shape index (κ1) is 19.9. The Bertz CT molecular complexity index is 1000. The molecule has 0 saturated carbocycles. The lowest BCUT2D eigenvalue weighted by Gasteiger charge is -2.28. The van der Waals surface area contributed by atoms with Gasteiger partial charge in [-0.25, -0.2) is 9.07 Å². The summed E-state index contributed by atoms with van der Waals surface area (Å²) in [5.41, 5.74) is 2.86. The average Bonchev–Trinajstić information content (AvgIpc) is 3.19. The van der Waals surface area contributed by atoms with Crippen LogP contribution in [0, 0.1) is 5.82 Å². The van der Waals surface area contributed by atoms with E-state index in [9.17, 15) is 9.18 Å². The molecule has 0 spiro atoms. The molecule has 1 aliphatic rings. The summed E-state index contributed by atoms with van der Waals surface area (Å²) >= 11 is 10.6. The molecule has 2 aromatic carbocycles. The first-order valence-electron chi connectivity index (χ1n) is 9.19. The number of ether oxygens (including phenoxy) is 1. The van der Waals surface area contributed by atoms with Gasteiger partial charge in [-0.05, 0) is 42.0 Å². The van der Waals surface area contributed by atoms with E-state index in [1.165, 1.54) is 12.1 Å². The third-order valence-electron chi connectivity index (χ3n) is 4.80. The molecule has 5 nitrogen and oxygen atoms in total. The van der Waals surface area contributed by atoms with Crippen LogP contribution in [0.4, 0.5) is 4.39 Å².